The van der Waals surface area contributed by atoms with Crippen LogP contribution in [-0.4, -0.2) is 103 Å². The molecular weight excluding hydrogens is 807 g/mol. The third kappa shape index (κ3) is 8.37. The van der Waals surface area contributed by atoms with Crippen LogP contribution >= 0.6 is 11.6 Å². The first-order valence-corrected chi connectivity index (χ1v) is 22.9. The molecule has 0 saturated carbocycles. The minimum Gasteiger partial charge on any atom is -0.497 e. The standard InChI is InChI=1S/C39H49ClF3N3O9SSi/c1-37(2,3)57(8,9)54-18-10-11-24-12-16-32(53-7)29(19-24)38(45-23-26(47)21-31(45)35(48)44(4)5)28-20-25(40)13-15-30(28)46(36(38)49)56(50,51)34-17-14-27(52-6)22-33(34)55-39(41,42)43/h12-17,19-20,22,26,31,47H,10-11,18,21,23H2,1-9H3/t26-,31+,38?/m1/s1. The van der Waals surface area contributed by atoms with E-state index >= 15 is 4.79 Å². The number of hydrogen-bond acceptors (Lipinski definition) is 10. The predicted octanol–water partition coefficient (Wildman–Crippen LogP) is 6.71. The lowest BCUT2D eigenvalue weighted by Gasteiger charge is -2.42. The summed E-state index contributed by atoms with van der Waals surface area (Å²) in [4.78, 5) is 31.4. The number of anilines is 1. The van der Waals surface area contributed by atoms with E-state index in [1.165, 1.54) is 56.3 Å². The van der Waals surface area contributed by atoms with E-state index in [4.69, 9.17) is 25.5 Å². The molecule has 1 unspecified atom stereocenters. The van der Waals surface area contributed by atoms with Gasteiger partial charge in [-0.2, -0.15) is 0 Å². The van der Waals surface area contributed by atoms with Crippen molar-refractivity contribution in [1.82, 2.24) is 9.80 Å². The number of methoxy groups -OCH3 is 2. The lowest BCUT2D eigenvalue weighted by atomic mass is 9.80. The Labute approximate surface area is 337 Å². The van der Waals surface area contributed by atoms with Crippen molar-refractivity contribution in [3.63, 3.8) is 0 Å². The molecule has 0 spiro atoms. The average Bonchev–Trinajstić information content (AvgIpc) is 3.62. The van der Waals surface area contributed by atoms with Crippen LogP contribution in [0.5, 0.6) is 17.2 Å². The molecule has 3 aromatic carbocycles. The van der Waals surface area contributed by atoms with E-state index in [1.54, 1.807) is 18.2 Å². The minimum absolute atomic E-state index is 0.00209. The number of alkyl halides is 3. The number of carbonyl (C=O) groups is 2. The summed E-state index contributed by atoms with van der Waals surface area (Å²) in [6.45, 7) is 10.9. The number of halogens is 4. The van der Waals surface area contributed by atoms with Crippen LogP contribution in [0.1, 0.15) is 50.3 Å². The van der Waals surface area contributed by atoms with Gasteiger partial charge in [0, 0.05) is 49.5 Å². The van der Waals surface area contributed by atoms with Crippen LogP contribution in [0.4, 0.5) is 18.9 Å². The third-order valence-corrected chi connectivity index (χ3v) is 17.4. The Morgan fingerprint density at radius 3 is 2.28 bits per heavy atom. The number of amides is 2. The van der Waals surface area contributed by atoms with Crippen LogP contribution in [0.15, 0.2) is 59.5 Å². The molecular formula is C39H49ClF3N3O9SSi. The second-order valence-corrected chi connectivity index (χ2v) is 22.8. The number of ether oxygens (including phenoxy) is 3. The van der Waals surface area contributed by atoms with Crippen LogP contribution in [0, 0.1) is 0 Å². The van der Waals surface area contributed by atoms with E-state index in [9.17, 15) is 31.5 Å². The fourth-order valence-electron chi connectivity index (χ4n) is 7.14. The van der Waals surface area contributed by atoms with Crippen molar-refractivity contribution < 1.29 is 54.9 Å². The number of fused-ring (bicyclic) bond motifs is 1. The molecule has 18 heteroatoms. The van der Waals surface area contributed by atoms with E-state index in [0.717, 1.165) is 18.2 Å². The van der Waals surface area contributed by atoms with Crippen LogP contribution in [0.2, 0.25) is 23.2 Å². The number of benzene rings is 3. The van der Waals surface area contributed by atoms with Crippen LogP contribution < -0.4 is 18.5 Å². The Hall–Kier alpha value is -3.87. The smallest absolute Gasteiger partial charge is 0.497 e. The number of aliphatic hydroxyl groups is 1. The van der Waals surface area contributed by atoms with Gasteiger partial charge >= 0.3 is 6.36 Å². The predicted molar refractivity (Wildman–Crippen MR) is 211 cm³/mol. The first kappa shape index (κ1) is 44.2. The molecule has 3 aromatic rings. The molecule has 1 fully saturated rings. The quantitative estimate of drug-likeness (QED) is 0.146. The monoisotopic (exact) mass is 855 g/mol. The number of likely N-dealkylation sites (tertiary alicyclic amines) is 1. The van der Waals surface area contributed by atoms with Gasteiger partial charge in [-0.1, -0.05) is 38.4 Å². The van der Waals surface area contributed by atoms with E-state index in [-0.39, 0.29) is 51.3 Å². The van der Waals surface area contributed by atoms with E-state index in [1.807, 2.05) is 0 Å². The fourth-order valence-corrected chi connectivity index (χ4v) is 9.96. The van der Waals surface area contributed by atoms with Gasteiger partial charge in [0.05, 0.1) is 32.1 Å². The van der Waals surface area contributed by atoms with Gasteiger partial charge in [-0.05, 0) is 85.4 Å². The molecule has 2 heterocycles. The zero-order valence-electron chi connectivity index (χ0n) is 33.4. The number of nitrogens with zero attached hydrogens (tertiary/aromatic N) is 3. The SMILES string of the molecule is COc1ccc(S(=O)(=O)N2C(=O)C(c3cc(CCCO[Si](C)(C)C(C)(C)C)ccc3OC)(N3C[C@H](O)C[C@H]3C(=O)N(C)C)c3cc(Cl)ccc32)c(OC(F)(F)F)c1. The van der Waals surface area contributed by atoms with Gasteiger partial charge in [0.25, 0.3) is 15.9 Å². The largest absolute Gasteiger partial charge is 0.573 e. The van der Waals surface area contributed by atoms with Gasteiger partial charge in [0.2, 0.25) is 5.91 Å². The van der Waals surface area contributed by atoms with E-state index in [0.29, 0.717) is 29.3 Å². The summed E-state index contributed by atoms with van der Waals surface area (Å²) in [5.74, 6) is -2.81. The topological polar surface area (TPSA) is 135 Å². The van der Waals surface area contributed by atoms with Crippen molar-refractivity contribution >= 4 is 47.4 Å². The number of sulfonamides is 1. The lowest BCUT2D eigenvalue weighted by molar-refractivity contribution is -0.275. The van der Waals surface area contributed by atoms with Gasteiger partial charge in [-0.3, -0.25) is 14.5 Å². The van der Waals surface area contributed by atoms with Crippen molar-refractivity contribution in [3.8, 4) is 17.2 Å². The van der Waals surface area contributed by atoms with Gasteiger partial charge in [-0.25, -0.2) is 12.7 Å². The minimum atomic E-state index is -5.32. The van der Waals surface area contributed by atoms with Crippen molar-refractivity contribution in [3.05, 3.63) is 76.3 Å². The van der Waals surface area contributed by atoms with Gasteiger partial charge < -0.3 is 28.6 Å². The molecule has 57 heavy (non-hydrogen) atoms. The molecule has 1 N–H and O–H groups in total. The number of aryl methyl sites for hydroxylation is 1. The molecule has 0 aliphatic carbocycles. The number of likely N-dealkylation sites (N-methyl/N-ethyl adjacent to an activating group) is 1. The maximum absolute atomic E-state index is 15.7. The van der Waals surface area contributed by atoms with Gasteiger partial charge in [-0.15, -0.1) is 13.2 Å². The number of rotatable bonds is 13. The van der Waals surface area contributed by atoms with Crippen LogP contribution in [0.25, 0.3) is 0 Å². The summed E-state index contributed by atoms with van der Waals surface area (Å²) < 4.78 is 92.9. The van der Waals surface area contributed by atoms with Crippen molar-refractivity contribution in [2.45, 2.75) is 87.1 Å². The number of hydrogen-bond donors (Lipinski definition) is 1. The molecule has 2 aliphatic rings. The molecule has 0 radical (unpaired) electrons. The maximum atomic E-state index is 15.7. The Balaban J connectivity index is 1.78. The van der Waals surface area contributed by atoms with Gasteiger partial charge in [0.1, 0.15) is 16.4 Å². The summed E-state index contributed by atoms with van der Waals surface area (Å²) in [6.07, 6.45) is -5.54. The van der Waals surface area contributed by atoms with Crippen molar-refractivity contribution in [1.29, 1.82) is 0 Å². The number of carbonyl (C=O) groups excluding carboxylic acids is 2. The Morgan fingerprint density at radius 2 is 1.68 bits per heavy atom. The molecule has 12 nitrogen and oxygen atoms in total. The molecule has 0 bridgehead atoms. The van der Waals surface area contributed by atoms with Gasteiger partial charge in [0.15, 0.2) is 19.6 Å². The second-order valence-electron chi connectivity index (χ2n) is 15.8. The molecule has 312 valence electrons. The molecule has 5 rings (SSSR count). The van der Waals surface area contributed by atoms with Crippen LogP contribution in [-0.2, 0) is 36.0 Å². The molecule has 3 atom stereocenters. The van der Waals surface area contributed by atoms with Crippen molar-refractivity contribution in [2.24, 2.45) is 0 Å². The van der Waals surface area contributed by atoms with E-state index in [2.05, 4.69) is 38.6 Å². The number of aliphatic hydroxyl groups excluding tert-OH is 1. The molecule has 1 saturated heterocycles. The zero-order valence-corrected chi connectivity index (χ0v) is 35.9. The summed E-state index contributed by atoms with van der Waals surface area (Å²) >= 11 is 6.62. The highest BCUT2D eigenvalue weighted by atomic mass is 35.5. The molecule has 2 amide bonds. The highest BCUT2D eigenvalue weighted by Crippen LogP contribution is 2.55. The number of β-amino-alcohol motifs (C(OH)–C–C–N with tert-alkyl or cyclic N) is 1. The summed E-state index contributed by atoms with van der Waals surface area (Å²) in [5, 5.41) is 11.3. The highest BCUT2D eigenvalue weighted by molar-refractivity contribution is 7.93. The third-order valence-electron chi connectivity index (χ3n) is 10.9. The fraction of sp³-hybridized carbons (Fsp3) is 0.487. The zero-order chi connectivity index (χ0) is 42.5. The molecule has 2 aliphatic heterocycles. The first-order chi connectivity index (χ1) is 26.4. The summed E-state index contributed by atoms with van der Waals surface area (Å²) in [6, 6.07) is 10.7. The Kier molecular flexibility index (Phi) is 12.5. The van der Waals surface area contributed by atoms with E-state index < -0.39 is 64.8 Å². The Morgan fingerprint density at radius 1 is 1.00 bits per heavy atom. The highest BCUT2D eigenvalue weighted by Gasteiger charge is 2.64. The normalized spacial score (nSPS) is 20.5. The van der Waals surface area contributed by atoms with Crippen LogP contribution in [0.3, 0.4) is 0 Å². The average molecular weight is 856 g/mol. The Bertz CT molecular complexity index is 2130. The lowest BCUT2D eigenvalue weighted by Crippen LogP contribution is -2.59. The first-order valence-electron chi connectivity index (χ1n) is 18.2. The second kappa shape index (κ2) is 16.1. The summed E-state index contributed by atoms with van der Waals surface area (Å²) in [7, 11) is -1.78. The maximum Gasteiger partial charge on any atom is 0.573 e. The summed E-state index contributed by atoms with van der Waals surface area (Å²) in [5.41, 5.74) is -1.64. The molecule has 0 aromatic heterocycles. The van der Waals surface area contributed by atoms with Crippen molar-refractivity contribution in [2.75, 3.05) is 45.8 Å².